The van der Waals surface area contributed by atoms with Crippen molar-refractivity contribution in [1.29, 1.82) is 0 Å². The van der Waals surface area contributed by atoms with Gasteiger partial charge in [0, 0.05) is 31.0 Å². The Morgan fingerprint density at radius 2 is 1.95 bits per heavy atom. The van der Waals surface area contributed by atoms with Crippen LogP contribution in [0.3, 0.4) is 0 Å². The van der Waals surface area contributed by atoms with Crippen LogP contribution in [-0.2, 0) is 0 Å². The third-order valence-electron chi connectivity index (χ3n) is 3.28. The summed E-state index contributed by atoms with van der Waals surface area (Å²) < 4.78 is 13.7. The largest absolute Gasteiger partial charge is 0.409 e. The van der Waals surface area contributed by atoms with Gasteiger partial charge in [-0.15, -0.1) is 0 Å². The number of nitrogens with two attached hydrogens (primary N) is 1. The van der Waals surface area contributed by atoms with Crippen molar-refractivity contribution in [2.24, 2.45) is 10.9 Å². The number of nitrogens with zero attached hydrogens (tertiary/aromatic N) is 2. The molecule has 0 saturated heterocycles. The van der Waals surface area contributed by atoms with Crippen molar-refractivity contribution in [3.05, 3.63) is 47.8 Å². The molecule has 0 heterocycles. The summed E-state index contributed by atoms with van der Waals surface area (Å²) in [6, 6.07) is 9.59. The zero-order chi connectivity index (χ0) is 15.4. The second-order valence-corrected chi connectivity index (χ2v) is 4.71. The van der Waals surface area contributed by atoms with Crippen LogP contribution in [-0.4, -0.2) is 35.4 Å². The molecule has 0 fully saturated rings. The van der Waals surface area contributed by atoms with Gasteiger partial charge in [-0.1, -0.05) is 29.4 Å². The molecule has 0 radical (unpaired) electrons. The molecule has 0 aliphatic carbocycles. The lowest BCUT2D eigenvalue weighted by Gasteiger charge is -2.18. The van der Waals surface area contributed by atoms with E-state index in [1.807, 2.05) is 0 Å². The maximum absolute atomic E-state index is 13.7. The molecule has 0 unspecified atom stereocenters. The maximum Gasteiger partial charge on any atom is 0.254 e. The number of carbonyl (C=O) groups excluding carboxylic acids is 1. The van der Waals surface area contributed by atoms with E-state index in [1.54, 1.807) is 31.3 Å². The topological polar surface area (TPSA) is 78.9 Å². The molecular formula is C15H16FN3O2. The predicted octanol–water partition coefficient (Wildman–Crippen LogP) is 2.19. The minimum Gasteiger partial charge on any atom is -0.409 e. The molecule has 0 saturated carbocycles. The predicted molar refractivity (Wildman–Crippen MR) is 78.9 cm³/mol. The quantitative estimate of drug-likeness (QED) is 0.392. The molecule has 5 nitrogen and oxygen atoms in total. The fourth-order valence-electron chi connectivity index (χ4n) is 2.09. The van der Waals surface area contributed by atoms with Crippen molar-refractivity contribution >= 4 is 22.5 Å². The summed E-state index contributed by atoms with van der Waals surface area (Å²) >= 11 is 0. The molecule has 21 heavy (non-hydrogen) atoms. The third-order valence-corrected chi connectivity index (χ3v) is 3.28. The zero-order valence-electron chi connectivity index (χ0n) is 11.6. The summed E-state index contributed by atoms with van der Waals surface area (Å²) in [7, 11) is 1.62. The van der Waals surface area contributed by atoms with Crippen molar-refractivity contribution in [2.45, 2.75) is 6.42 Å². The lowest BCUT2D eigenvalue weighted by molar-refractivity contribution is 0.0800. The normalized spacial score (nSPS) is 11.6. The van der Waals surface area contributed by atoms with Gasteiger partial charge in [0.2, 0.25) is 0 Å². The van der Waals surface area contributed by atoms with Crippen LogP contribution in [0.2, 0.25) is 0 Å². The Hall–Kier alpha value is -2.63. The number of amidine groups is 1. The number of amides is 1. The number of halogens is 1. The first-order valence-corrected chi connectivity index (χ1v) is 6.43. The average Bonchev–Trinajstić information content (AvgIpc) is 2.52. The van der Waals surface area contributed by atoms with Crippen LogP contribution in [0.1, 0.15) is 16.8 Å². The fraction of sp³-hybridized carbons (Fsp3) is 0.200. The van der Waals surface area contributed by atoms with Gasteiger partial charge < -0.3 is 15.8 Å². The van der Waals surface area contributed by atoms with E-state index in [0.29, 0.717) is 22.9 Å². The Labute approximate surface area is 121 Å². The Morgan fingerprint density at radius 1 is 1.29 bits per heavy atom. The molecule has 0 spiro atoms. The van der Waals surface area contributed by atoms with Gasteiger partial charge in [0.15, 0.2) is 0 Å². The fourth-order valence-corrected chi connectivity index (χ4v) is 2.09. The number of oxime groups is 1. The first-order chi connectivity index (χ1) is 10.0. The van der Waals surface area contributed by atoms with E-state index in [4.69, 9.17) is 10.9 Å². The van der Waals surface area contributed by atoms with E-state index < -0.39 is 0 Å². The Balaban J connectivity index is 2.29. The lowest BCUT2D eigenvalue weighted by atomic mass is 10.0. The standard InChI is InChI=1S/C15H16FN3O2/c1-19(9-8-14(17)18-21)15(20)12-6-7-13(16)11-5-3-2-4-10(11)12/h2-7,21H,8-9H2,1H3,(H2,17,18). The summed E-state index contributed by atoms with van der Waals surface area (Å²) in [5, 5.41) is 12.3. The van der Waals surface area contributed by atoms with Crippen LogP contribution in [0.15, 0.2) is 41.6 Å². The molecule has 0 atom stereocenters. The second kappa shape index (κ2) is 6.21. The average molecular weight is 289 g/mol. The van der Waals surface area contributed by atoms with E-state index in [9.17, 15) is 9.18 Å². The van der Waals surface area contributed by atoms with Gasteiger partial charge in [0.05, 0.1) is 0 Å². The van der Waals surface area contributed by atoms with Crippen LogP contribution in [0.5, 0.6) is 0 Å². The van der Waals surface area contributed by atoms with Gasteiger partial charge in [0.25, 0.3) is 5.91 Å². The van der Waals surface area contributed by atoms with Crippen molar-refractivity contribution in [2.75, 3.05) is 13.6 Å². The molecule has 0 aliphatic rings. The second-order valence-electron chi connectivity index (χ2n) is 4.71. The molecule has 0 aliphatic heterocycles. The molecule has 110 valence electrons. The Morgan fingerprint density at radius 3 is 2.62 bits per heavy atom. The zero-order valence-corrected chi connectivity index (χ0v) is 11.6. The summed E-state index contributed by atoms with van der Waals surface area (Å²) in [6.07, 6.45) is 0.262. The number of fused-ring (bicyclic) bond motifs is 1. The van der Waals surface area contributed by atoms with E-state index in [0.717, 1.165) is 0 Å². The summed E-state index contributed by atoms with van der Waals surface area (Å²) in [5.74, 6) is -0.544. The van der Waals surface area contributed by atoms with Crippen LogP contribution < -0.4 is 5.73 Å². The van der Waals surface area contributed by atoms with Gasteiger partial charge in [-0.25, -0.2) is 4.39 Å². The van der Waals surface area contributed by atoms with E-state index in [2.05, 4.69) is 5.16 Å². The highest BCUT2D eigenvalue weighted by Crippen LogP contribution is 2.22. The summed E-state index contributed by atoms with van der Waals surface area (Å²) in [6.45, 7) is 0.306. The molecule has 2 aromatic rings. The molecule has 2 aromatic carbocycles. The molecule has 0 aromatic heterocycles. The highest BCUT2D eigenvalue weighted by Gasteiger charge is 2.16. The van der Waals surface area contributed by atoms with Crippen molar-refractivity contribution in [3.63, 3.8) is 0 Å². The molecule has 1 amide bonds. The Bertz CT molecular complexity index is 700. The van der Waals surface area contributed by atoms with E-state index in [-0.39, 0.29) is 24.0 Å². The molecule has 0 bridgehead atoms. The number of carbonyl (C=O) groups is 1. The summed E-state index contributed by atoms with van der Waals surface area (Å²) in [5.41, 5.74) is 5.81. The molecule has 2 rings (SSSR count). The highest BCUT2D eigenvalue weighted by molar-refractivity contribution is 6.07. The smallest absolute Gasteiger partial charge is 0.254 e. The van der Waals surface area contributed by atoms with Crippen molar-refractivity contribution in [1.82, 2.24) is 4.90 Å². The van der Waals surface area contributed by atoms with E-state index in [1.165, 1.54) is 17.0 Å². The van der Waals surface area contributed by atoms with Gasteiger partial charge in [-0.05, 0) is 17.5 Å². The molecule has 3 N–H and O–H groups in total. The van der Waals surface area contributed by atoms with Crippen LogP contribution in [0, 0.1) is 5.82 Å². The van der Waals surface area contributed by atoms with Gasteiger partial charge in [-0.2, -0.15) is 0 Å². The Kier molecular flexibility index (Phi) is 4.37. The van der Waals surface area contributed by atoms with Crippen LogP contribution in [0.25, 0.3) is 10.8 Å². The van der Waals surface area contributed by atoms with Crippen LogP contribution >= 0.6 is 0 Å². The SMILES string of the molecule is CN(CC/C(N)=N/O)C(=O)c1ccc(F)c2ccccc12. The third kappa shape index (κ3) is 3.10. The lowest BCUT2D eigenvalue weighted by Crippen LogP contribution is -2.30. The highest BCUT2D eigenvalue weighted by atomic mass is 19.1. The minimum absolute atomic E-state index is 0.0543. The number of hydrogen-bond acceptors (Lipinski definition) is 3. The van der Waals surface area contributed by atoms with Gasteiger partial charge >= 0.3 is 0 Å². The van der Waals surface area contributed by atoms with Crippen LogP contribution in [0.4, 0.5) is 4.39 Å². The van der Waals surface area contributed by atoms with E-state index >= 15 is 0 Å². The first kappa shape index (κ1) is 14.8. The number of rotatable bonds is 4. The first-order valence-electron chi connectivity index (χ1n) is 6.43. The van der Waals surface area contributed by atoms with Gasteiger partial charge in [-0.3, -0.25) is 4.79 Å². The number of hydrogen-bond donors (Lipinski definition) is 2. The molecule has 6 heteroatoms. The number of benzene rings is 2. The molecular weight excluding hydrogens is 273 g/mol. The summed E-state index contributed by atoms with van der Waals surface area (Å²) in [4.78, 5) is 13.9. The monoisotopic (exact) mass is 289 g/mol. The van der Waals surface area contributed by atoms with Crippen molar-refractivity contribution < 1.29 is 14.4 Å². The van der Waals surface area contributed by atoms with Crippen molar-refractivity contribution in [3.8, 4) is 0 Å². The minimum atomic E-state index is -0.360. The van der Waals surface area contributed by atoms with Gasteiger partial charge in [0.1, 0.15) is 11.7 Å². The maximum atomic E-state index is 13.7.